The standard InChI is InChI=1S/C60H110N4O12.2ClH/c1-9-11-31-41-55(74-59(71)49-63(5,6)47-48-73-51(3)65)53(67)39-33-25-19-13-15-21-27-35-43-57(69)61-45-37-29-23-17-18-24-30-38-46-62-58(70)44-36-28-22-16-14-20-26-34-40-54(68)56(42-32-12-10-2)75-60(72)50-64(7,8)76-52(4)66;;/h25-26,33-34,53-56,67-68H,9-24,27-32,35-50H2,1-8H3;2*1H/b33-25-,34-26-;;. The summed E-state index contributed by atoms with van der Waals surface area (Å²) in [7, 11) is 6.99. The molecule has 0 aromatic carbocycles. The highest BCUT2D eigenvalue weighted by Gasteiger charge is 2.30. The number of allylic oxidation sites excluding steroid dienone is 2. The van der Waals surface area contributed by atoms with Gasteiger partial charge >= 0.3 is 23.9 Å². The third-order valence-electron chi connectivity index (χ3n) is 13.4. The number of hydrogen-bond donors (Lipinski definition) is 4. The van der Waals surface area contributed by atoms with Gasteiger partial charge < -0.3 is 64.4 Å². The van der Waals surface area contributed by atoms with E-state index in [4.69, 9.17) is 19.0 Å². The molecule has 0 heterocycles. The Hall–Kier alpha value is -3.28. The minimum atomic E-state index is -0.798. The van der Waals surface area contributed by atoms with E-state index in [1.165, 1.54) is 39.5 Å². The van der Waals surface area contributed by atoms with Gasteiger partial charge in [-0.3, -0.25) is 19.2 Å². The van der Waals surface area contributed by atoms with Crippen molar-refractivity contribution in [1.82, 2.24) is 10.6 Å². The Morgan fingerprint density at radius 3 is 1.27 bits per heavy atom. The number of unbranched alkanes of at least 4 members (excludes halogenated alkanes) is 21. The fourth-order valence-corrected chi connectivity index (χ4v) is 8.93. The number of likely N-dealkylation sites (N-methyl/N-ethyl adjacent to an activating group) is 2. The Bertz CT molecular complexity index is 1600. The van der Waals surface area contributed by atoms with Gasteiger partial charge in [-0.25, -0.2) is 14.4 Å². The number of nitrogens with zero attached hydrogens (tertiary/aromatic N) is 2. The van der Waals surface area contributed by atoms with Crippen molar-refractivity contribution in [2.45, 2.75) is 258 Å². The molecule has 0 aromatic rings. The molecule has 0 spiro atoms. The first kappa shape index (κ1) is 78.9. The van der Waals surface area contributed by atoms with Crippen molar-refractivity contribution in [3.8, 4) is 0 Å². The number of carbonyl (C=O) groups is 6. The maximum Gasteiger partial charge on any atom is 0.366 e. The van der Waals surface area contributed by atoms with E-state index in [-0.39, 0.29) is 72.9 Å². The number of ether oxygens (including phenoxy) is 3. The lowest BCUT2D eigenvalue weighted by Gasteiger charge is -2.30. The molecule has 4 N–H and O–H groups in total. The van der Waals surface area contributed by atoms with Crippen LogP contribution in [0.5, 0.6) is 0 Å². The van der Waals surface area contributed by atoms with Crippen molar-refractivity contribution in [2.24, 2.45) is 0 Å². The topological polar surface area (TPSA) is 204 Å². The van der Waals surface area contributed by atoms with Crippen molar-refractivity contribution in [1.29, 1.82) is 0 Å². The fraction of sp³-hybridized carbons (Fsp3) is 0.833. The number of hydroxylamine groups is 3. The highest BCUT2D eigenvalue weighted by atomic mass is 35.5. The number of hydrogen-bond acceptors (Lipinski definition) is 12. The van der Waals surface area contributed by atoms with Crippen LogP contribution < -0.4 is 35.4 Å². The molecule has 0 aliphatic carbocycles. The van der Waals surface area contributed by atoms with Gasteiger partial charge in [-0.2, -0.15) is 0 Å². The Morgan fingerprint density at radius 1 is 0.487 bits per heavy atom. The van der Waals surface area contributed by atoms with Crippen molar-refractivity contribution in [3.05, 3.63) is 24.3 Å². The van der Waals surface area contributed by atoms with Crippen molar-refractivity contribution < 1.29 is 92.0 Å². The van der Waals surface area contributed by atoms with Crippen LogP contribution in [0.15, 0.2) is 24.3 Å². The highest BCUT2D eigenvalue weighted by molar-refractivity contribution is 5.76. The minimum absolute atomic E-state index is 0. The number of amides is 2. The first-order valence-electron chi connectivity index (χ1n) is 29.9. The van der Waals surface area contributed by atoms with Crippen LogP contribution in [-0.4, -0.2) is 147 Å². The lowest BCUT2D eigenvalue weighted by Crippen LogP contribution is -3.00. The molecule has 18 heteroatoms. The normalized spacial score (nSPS) is 13.2. The highest BCUT2D eigenvalue weighted by Crippen LogP contribution is 2.18. The second-order valence-corrected chi connectivity index (χ2v) is 22.2. The summed E-state index contributed by atoms with van der Waals surface area (Å²) in [5.41, 5.74) is 0. The molecule has 2 amide bonds. The number of esters is 3. The van der Waals surface area contributed by atoms with Gasteiger partial charge in [-0.1, -0.05) is 141 Å². The molecule has 0 aliphatic rings. The Labute approximate surface area is 485 Å². The molecular weight excluding hydrogens is 1040 g/mol. The van der Waals surface area contributed by atoms with Gasteiger partial charge in [0.1, 0.15) is 39.5 Å². The first-order chi connectivity index (χ1) is 36.3. The number of rotatable bonds is 51. The van der Waals surface area contributed by atoms with Crippen LogP contribution in [0.3, 0.4) is 0 Å². The number of aliphatic hydroxyl groups excluding tert-OH is 2. The molecule has 78 heavy (non-hydrogen) atoms. The Kier molecular flexibility index (Phi) is 52.5. The van der Waals surface area contributed by atoms with E-state index in [0.717, 1.165) is 154 Å². The van der Waals surface area contributed by atoms with Crippen LogP contribution in [0.4, 0.5) is 0 Å². The van der Waals surface area contributed by atoms with E-state index < -0.39 is 36.4 Å². The summed E-state index contributed by atoms with van der Waals surface area (Å²) in [4.78, 5) is 77.6. The van der Waals surface area contributed by atoms with Crippen LogP contribution in [0.2, 0.25) is 0 Å². The van der Waals surface area contributed by atoms with E-state index in [2.05, 4.69) is 36.6 Å². The summed E-state index contributed by atoms with van der Waals surface area (Å²) in [5.74, 6) is -1.40. The average molecular weight is 1150 g/mol. The molecule has 0 saturated carbocycles. The first-order valence-corrected chi connectivity index (χ1v) is 29.9. The van der Waals surface area contributed by atoms with E-state index in [1.807, 2.05) is 26.2 Å². The maximum atomic E-state index is 12.8. The van der Waals surface area contributed by atoms with Gasteiger partial charge in [0.2, 0.25) is 18.4 Å². The van der Waals surface area contributed by atoms with E-state index in [9.17, 15) is 39.0 Å². The third kappa shape index (κ3) is 50.9. The number of quaternary nitrogens is 2. The fourth-order valence-electron chi connectivity index (χ4n) is 8.93. The third-order valence-corrected chi connectivity index (χ3v) is 13.4. The van der Waals surface area contributed by atoms with Gasteiger partial charge in [0.25, 0.3) is 0 Å². The number of halogens is 2. The summed E-state index contributed by atoms with van der Waals surface area (Å²) in [6.45, 7) is 9.09. The maximum absolute atomic E-state index is 12.8. The van der Waals surface area contributed by atoms with Crippen LogP contribution in [0.25, 0.3) is 0 Å². The molecule has 0 fully saturated rings. The minimum Gasteiger partial charge on any atom is -1.00 e. The van der Waals surface area contributed by atoms with E-state index >= 15 is 0 Å². The molecule has 16 nitrogen and oxygen atoms in total. The lowest BCUT2D eigenvalue weighted by atomic mass is 10.0. The summed E-state index contributed by atoms with van der Waals surface area (Å²) in [6, 6.07) is 0. The predicted octanol–water partition coefficient (Wildman–Crippen LogP) is 4.60. The Morgan fingerprint density at radius 2 is 0.872 bits per heavy atom. The molecule has 0 radical (unpaired) electrons. The SMILES string of the molecule is CCCCCC(OC(=O)C[N+](C)(C)CCOC(C)=O)C(O)C/C=C\CCCCCCCC(=O)NCCCCCCCCCCNC(=O)CCCCCCC/C=C\CC(O)C(CCCCC)OC(=O)C[N+](C)(C)OC(C)=O.[Cl-].[Cl-]. The summed E-state index contributed by atoms with van der Waals surface area (Å²) < 4.78 is 16.5. The van der Waals surface area contributed by atoms with Gasteiger partial charge in [0.05, 0.1) is 26.3 Å². The summed E-state index contributed by atoms with van der Waals surface area (Å²) in [5, 5.41) is 27.9. The molecule has 4 unspecified atom stereocenters. The van der Waals surface area contributed by atoms with Crippen molar-refractivity contribution >= 4 is 35.7 Å². The number of carbonyl (C=O) groups excluding carboxylic acids is 6. The van der Waals surface area contributed by atoms with E-state index in [0.29, 0.717) is 49.6 Å². The van der Waals surface area contributed by atoms with Crippen molar-refractivity contribution in [2.75, 3.05) is 67.5 Å². The Balaban J connectivity index is -0.0000281. The monoisotopic (exact) mass is 1150 g/mol. The second-order valence-electron chi connectivity index (χ2n) is 22.2. The summed E-state index contributed by atoms with van der Waals surface area (Å²) in [6.07, 6.45) is 35.7. The lowest BCUT2D eigenvalue weighted by molar-refractivity contribution is -1.05. The summed E-state index contributed by atoms with van der Waals surface area (Å²) >= 11 is 0. The second kappa shape index (κ2) is 51.8. The van der Waals surface area contributed by atoms with E-state index in [1.54, 1.807) is 14.1 Å². The number of nitrogens with one attached hydrogen (secondary N) is 2. The molecule has 0 rings (SSSR count). The molecule has 4 atom stereocenters. The van der Waals surface area contributed by atoms with Crippen LogP contribution in [0, 0.1) is 0 Å². The molecular formula is C60H112Cl2N4O12. The van der Waals surface area contributed by atoms with Crippen LogP contribution in [-0.2, 0) is 47.8 Å². The molecule has 0 saturated heterocycles. The quantitative estimate of drug-likeness (QED) is 0.0165. The molecule has 0 aliphatic heterocycles. The smallest absolute Gasteiger partial charge is 0.366 e. The zero-order chi connectivity index (χ0) is 56.7. The van der Waals surface area contributed by atoms with Gasteiger partial charge in [0.15, 0.2) is 6.54 Å². The predicted molar refractivity (Wildman–Crippen MR) is 302 cm³/mol. The zero-order valence-corrected chi connectivity index (χ0v) is 51.6. The number of aliphatic hydroxyl groups is 2. The molecule has 0 aromatic heterocycles. The van der Waals surface area contributed by atoms with Gasteiger partial charge in [-0.05, 0) is 89.9 Å². The van der Waals surface area contributed by atoms with Crippen LogP contribution >= 0.6 is 0 Å². The zero-order valence-electron chi connectivity index (χ0n) is 50.1. The van der Waals surface area contributed by atoms with Gasteiger partial charge in [-0.15, -0.1) is 4.65 Å². The average Bonchev–Trinajstić information content (AvgIpc) is 3.33. The molecule has 0 bridgehead atoms. The van der Waals surface area contributed by atoms with Gasteiger partial charge in [0, 0.05) is 39.8 Å². The largest absolute Gasteiger partial charge is 1.00 e. The molecule has 458 valence electrons. The van der Waals surface area contributed by atoms with Crippen molar-refractivity contribution in [3.63, 3.8) is 0 Å². The van der Waals surface area contributed by atoms with Crippen LogP contribution in [0.1, 0.15) is 233 Å².